The molecule has 0 saturated heterocycles. The van der Waals surface area contributed by atoms with Crippen LogP contribution in [0.3, 0.4) is 0 Å². The lowest BCUT2D eigenvalue weighted by molar-refractivity contribution is -0.139. The first kappa shape index (κ1) is 16.7. The normalized spacial score (nSPS) is 11.1. The van der Waals surface area contributed by atoms with Crippen LogP contribution in [0.2, 0.25) is 0 Å². The molecule has 0 heterocycles. The average molecular weight is 333 g/mol. The molecule has 126 valence electrons. The van der Waals surface area contributed by atoms with Gasteiger partial charge in [0.15, 0.2) is 6.61 Å². The van der Waals surface area contributed by atoms with Crippen LogP contribution in [0.5, 0.6) is 5.75 Å². The molecule has 0 atom stereocenters. The van der Waals surface area contributed by atoms with Gasteiger partial charge in [0.25, 0.3) is 0 Å². The number of carboxylic acid groups (broad SMARTS) is 1. The maximum Gasteiger partial charge on any atom is 0.341 e. The molecular weight excluding hydrogens is 314 g/mol. The molecule has 0 saturated carbocycles. The number of aryl methyl sites for hydroxylation is 2. The Hall–Kier alpha value is -3.14. The molecule has 0 aliphatic heterocycles. The average Bonchev–Trinajstić information content (AvgIpc) is 2.61. The lowest BCUT2D eigenvalue weighted by Gasteiger charge is -2.10. The van der Waals surface area contributed by atoms with Crippen LogP contribution in [-0.4, -0.2) is 23.9 Å². The second-order valence-electron chi connectivity index (χ2n) is 5.91. The third kappa shape index (κ3) is 3.86. The number of nitrogens with zero attached hydrogens (tertiary/aromatic N) is 1. The van der Waals surface area contributed by atoms with E-state index in [1.165, 1.54) is 11.1 Å². The van der Waals surface area contributed by atoms with Gasteiger partial charge < -0.3 is 9.84 Å². The SMILES string of the molecule is Cc1ccc(N=Cc2c(OCC(=O)O)ccc3ccccc23)cc1C. The summed E-state index contributed by atoms with van der Waals surface area (Å²) in [4.78, 5) is 15.4. The minimum absolute atomic E-state index is 0.386. The molecule has 3 aromatic carbocycles. The summed E-state index contributed by atoms with van der Waals surface area (Å²) < 4.78 is 5.45. The fourth-order valence-corrected chi connectivity index (χ4v) is 2.62. The molecule has 0 amide bonds. The van der Waals surface area contributed by atoms with E-state index in [1.807, 2.05) is 55.5 Å². The van der Waals surface area contributed by atoms with E-state index in [-0.39, 0.29) is 6.61 Å². The summed E-state index contributed by atoms with van der Waals surface area (Å²) in [6.07, 6.45) is 1.74. The second kappa shape index (κ2) is 7.18. The largest absolute Gasteiger partial charge is 0.481 e. The Morgan fingerprint density at radius 3 is 2.64 bits per heavy atom. The predicted octanol–water partition coefficient (Wildman–Crippen LogP) is 4.67. The lowest BCUT2D eigenvalue weighted by Crippen LogP contribution is -2.10. The predicted molar refractivity (Wildman–Crippen MR) is 100 cm³/mol. The summed E-state index contributed by atoms with van der Waals surface area (Å²) in [5.41, 5.74) is 4.02. The highest BCUT2D eigenvalue weighted by atomic mass is 16.5. The van der Waals surface area contributed by atoms with Crippen molar-refractivity contribution < 1.29 is 14.6 Å². The van der Waals surface area contributed by atoms with Gasteiger partial charge in [0.1, 0.15) is 5.75 Å². The van der Waals surface area contributed by atoms with E-state index in [4.69, 9.17) is 9.84 Å². The number of carboxylic acids is 1. The van der Waals surface area contributed by atoms with Crippen molar-refractivity contribution in [1.29, 1.82) is 0 Å². The number of aliphatic carboxylic acids is 1. The van der Waals surface area contributed by atoms with Crippen molar-refractivity contribution in [2.24, 2.45) is 4.99 Å². The van der Waals surface area contributed by atoms with E-state index in [1.54, 1.807) is 12.3 Å². The quantitative estimate of drug-likeness (QED) is 0.690. The molecule has 0 aliphatic rings. The van der Waals surface area contributed by atoms with Gasteiger partial charge in [-0.05, 0) is 53.9 Å². The third-order valence-corrected chi connectivity index (χ3v) is 4.12. The molecule has 25 heavy (non-hydrogen) atoms. The van der Waals surface area contributed by atoms with E-state index >= 15 is 0 Å². The fraction of sp³-hybridized carbons (Fsp3) is 0.143. The Morgan fingerprint density at radius 1 is 1.08 bits per heavy atom. The number of ether oxygens (including phenoxy) is 1. The fourth-order valence-electron chi connectivity index (χ4n) is 2.62. The number of rotatable bonds is 5. The highest BCUT2D eigenvalue weighted by Crippen LogP contribution is 2.27. The zero-order valence-corrected chi connectivity index (χ0v) is 14.2. The summed E-state index contributed by atoms with van der Waals surface area (Å²) in [5, 5.41) is 10.9. The molecule has 3 aromatic rings. The molecule has 0 radical (unpaired) electrons. The molecule has 0 aliphatic carbocycles. The summed E-state index contributed by atoms with van der Waals surface area (Å²) in [6.45, 7) is 3.72. The van der Waals surface area contributed by atoms with E-state index in [0.717, 1.165) is 22.0 Å². The van der Waals surface area contributed by atoms with Gasteiger partial charge >= 0.3 is 5.97 Å². The zero-order valence-electron chi connectivity index (χ0n) is 14.2. The van der Waals surface area contributed by atoms with Crippen LogP contribution in [0.25, 0.3) is 10.8 Å². The van der Waals surface area contributed by atoms with Crippen molar-refractivity contribution in [3.05, 3.63) is 71.3 Å². The van der Waals surface area contributed by atoms with Crippen molar-refractivity contribution in [2.75, 3.05) is 6.61 Å². The van der Waals surface area contributed by atoms with Gasteiger partial charge in [-0.1, -0.05) is 36.4 Å². The number of carbonyl (C=O) groups is 1. The van der Waals surface area contributed by atoms with Crippen LogP contribution in [0.15, 0.2) is 59.6 Å². The molecule has 4 nitrogen and oxygen atoms in total. The van der Waals surface area contributed by atoms with Crippen molar-refractivity contribution in [1.82, 2.24) is 0 Å². The Labute approximate surface area is 146 Å². The van der Waals surface area contributed by atoms with Crippen LogP contribution in [0.4, 0.5) is 5.69 Å². The summed E-state index contributed by atoms with van der Waals surface area (Å²) in [5.74, 6) is -0.501. The van der Waals surface area contributed by atoms with Crippen LogP contribution >= 0.6 is 0 Å². The third-order valence-electron chi connectivity index (χ3n) is 4.12. The first-order chi connectivity index (χ1) is 12.0. The Kier molecular flexibility index (Phi) is 4.80. The standard InChI is InChI=1S/C21H19NO3/c1-14-7-9-17(11-15(14)2)22-12-19-18-6-4-3-5-16(18)8-10-20(19)25-13-21(23)24/h3-12H,13H2,1-2H3,(H,23,24). The lowest BCUT2D eigenvalue weighted by atomic mass is 10.0. The van der Waals surface area contributed by atoms with Crippen LogP contribution in [-0.2, 0) is 4.79 Å². The zero-order chi connectivity index (χ0) is 17.8. The van der Waals surface area contributed by atoms with Crippen LogP contribution < -0.4 is 4.74 Å². The maximum absolute atomic E-state index is 10.8. The molecular formula is C21H19NO3. The molecule has 0 aromatic heterocycles. The molecule has 1 N–H and O–H groups in total. The van der Waals surface area contributed by atoms with Gasteiger partial charge in [-0.15, -0.1) is 0 Å². The molecule has 0 unspecified atom stereocenters. The minimum atomic E-state index is -1.01. The number of aliphatic imine (C=N–C) groups is 1. The Bertz CT molecular complexity index is 961. The van der Waals surface area contributed by atoms with Crippen molar-refractivity contribution in [3.63, 3.8) is 0 Å². The Balaban J connectivity index is 2.04. The molecule has 0 fully saturated rings. The number of hydrogen-bond acceptors (Lipinski definition) is 3. The minimum Gasteiger partial charge on any atom is -0.481 e. The van der Waals surface area contributed by atoms with Crippen molar-refractivity contribution in [3.8, 4) is 5.75 Å². The second-order valence-corrected chi connectivity index (χ2v) is 5.91. The smallest absolute Gasteiger partial charge is 0.341 e. The first-order valence-corrected chi connectivity index (χ1v) is 8.02. The van der Waals surface area contributed by atoms with E-state index in [2.05, 4.69) is 11.9 Å². The molecule has 0 bridgehead atoms. The van der Waals surface area contributed by atoms with E-state index in [9.17, 15) is 4.79 Å². The van der Waals surface area contributed by atoms with Gasteiger partial charge in [-0.3, -0.25) is 4.99 Å². The van der Waals surface area contributed by atoms with Gasteiger partial charge in [0.05, 0.1) is 5.69 Å². The summed E-state index contributed by atoms with van der Waals surface area (Å²) in [7, 11) is 0. The number of hydrogen-bond donors (Lipinski definition) is 1. The van der Waals surface area contributed by atoms with E-state index in [0.29, 0.717) is 5.75 Å². The van der Waals surface area contributed by atoms with Gasteiger partial charge in [-0.2, -0.15) is 0 Å². The van der Waals surface area contributed by atoms with Gasteiger partial charge in [0.2, 0.25) is 0 Å². The topological polar surface area (TPSA) is 58.9 Å². The van der Waals surface area contributed by atoms with Crippen molar-refractivity contribution in [2.45, 2.75) is 13.8 Å². The highest BCUT2D eigenvalue weighted by molar-refractivity contribution is 6.03. The molecule has 3 rings (SSSR count). The van der Waals surface area contributed by atoms with Gasteiger partial charge in [0, 0.05) is 11.8 Å². The van der Waals surface area contributed by atoms with Crippen molar-refractivity contribution >= 4 is 28.6 Å². The highest BCUT2D eigenvalue weighted by Gasteiger charge is 2.09. The maximum atomic E-state index is 10.8. The first-order valence-electron chi connectivity index (χ1n) is 8.02. The number of benzene rings is 3. The van der Waals surface area contributed by atoms with Crippen LogP contribution in [0, 0.1) is 13.8 Å². The monoisotopic (exact) mass is 333 g/mol. The number of fused-ring (bicyclic) bond motifs is 1. The molecule has 0 spiro atoms. The Morgan fingerprint density at radius 2 is 1.88 bits per heavy atom. The molecule has 4 heteroatoms. The van der Waals surface area contributed by atoms with E-state index < -0.39 is 5.97 Å². The summed E-state index contributed by atoms with van der Waals surface area (Å²) in [6, 6.07) is 17.6. The summed E-state index contributed by atoms with van der Waals surface area (Å²) >= 11 is 0. The van der Waals surface area contributed by atoms with Crippen LogP contribution in [0.1, 0.15) is 16.7 Å². The van der Waals surface area contributed by atoms with Gasteiger partial charge in [-0.25, -0.2) is 4.79 Å².